The number of hydrogen-bond donors (Lipinski definition) is 1. The fourth-order valence-electron chi connectivity index (χ4n) is 3.21. The van der Waals surface area contributed by atoms with E-state index < -0.39 is 5.60 Å². The van der Waals surface area contributed by atoms with E-state index in [1.165, 1.54) is 30.9 Å². The number of rotatable bonds is 5. The molecule has 1 atom stereocenters. The number of hydrogen-bond acceptors (Lipinski definition) is 5. The highest BCUT2D eigenvalue weighted by molar-refractivity contribution is 5.93. The molecule has 1 aliphatic rings. The van der Waals surface area contributed by atoms with Gasteiger partial charge in [-0.25, -0.2) is 14.4 Å². The van der Waals surface area contributed by atoms with Crippen LogP contribution in [-0.2, 0) is 6.54 Å². The van der Waals surface area contributed by atoms with Crippen LogP contribution in [0.25, 0.3) is 0 Å². The van der Waals surface area contributed by atoms with Crippen molar-refractivity contribution in [1.82, 2.24) is 19.8 Å². The van der Waals surface area contributed by atoms with E-state index in [0.717, 1.165) is 5.56 Å². The molecule has 0 bridgehead atoms. The summed E-state index contributed by atoms with van der Waals surface area (Å²) >= 11 is 0. The van der Waals surface area contributed by atoms with Crippen molar-refractivity contribution in [2.45, 2.75) is 18.6 Å². The molecular formula is C18H21FN4O2. The van der Waals surface area contributed by atoms with Crippen LogP contribution in [-0.4, -0.2) is 63.1 Å². The topological polar surface area (TPSA) is 69.6 Å². The van der Waals surface area contributed by atoms with Gasteiger partial charge in [-0.15, -0.1) is 0 Å². The Morgan fingerprint density at radius 1 is 1.32 bits per heavy atom. The summed E-state index contributed by atoms with van der Waals surface area (Å²) in [6.45, 7) is 1.80. The zero-order valence-electron chi connectivity index (χ0n) is 14.1. The standard InChI is InChI=1S/C18H21FN4O2/c1-22(10-14-2-4-16(19)5-3-14)11-18(25)6-7-23(12-18)17(24)15-8-20-13-21-9-15/h2-5,8-9,13,25H,6-7,10-12H2,1H3/t18-/m0/s1. The second-order valence-corrected chi connectivity index (χ2v) is 6.63. The summed E-state index contributed by atoms with van der Waals surface area (Å²) in [5.74, 6) is -0.433. The van der Waals surface area contributed by atoms with Gasteiger partial charge < -0.3 is 10.0 Å². The normalized spacial score (nSPS) is 20.2. The fourth-order valence-corrected chi connectivity index (χ4v) is 3.21. The molecule has 1 aromatic carbocycles. The summed E-state index contributed by atoms with van der Waals surface area (Å²) in [6.07, 6.45) is 4.85. The number of nitrogens with zero attached hydrogens (tertiary/aromatic N) is 4. The van der Waals surface area contributed by atoms with Crippen LogP contribution in [0.3, 0.4) is 0 Å². The Morgan fingerprint density at radius 3 is 2.68 bits per heavy atom. The number of aromatic nitrogens is 2. The van der Waals surface area contributed by atoms with E-state index in [4.69, 9.17) is 0 Å². The third-order valence-corrected chi connectivity index (χ3v) is 4.36. The number of likely N-dealkylation sites (N-methyl/N-ethyl adjacent to an activating group) is 1. The maximum Gasteiger partial charge on any atom is 0.257 e. The summed E-state index contributed by atoms with van der Waals surface area (Å²) in [4.78, 5) is 23.8. The minimum absolute atomic E-state index is 0.169. The number of benzene rings is 1. The highest BCUT2D eigenvalue weighted by Gasteiger charge is 2.39. The second kappa shape index (κ2) is 7.25. The molecule has 1 N–H and O–H groups in total. The van der Waals surface area contributed by atoms with Crippen LogP contribution in [0.2, 0.25) is 0 Å². The minimum Gasteiger partial charge on any atom is -0.387 e. The van der Waals surface area contributed by atoms with E-state index in [0.29, 0.717) is 31.6 Å². The Kier molecular flexibility index (Phi) is 5.06. The fraction of sp³-hybridized carbons (Fsp3) is 0.389. The Morgan fingerprint density at radius 2 is 2.00 bits per heavy atom. The second-order valence-electron chi connectivity index (χ2n) is 6.63. The van der Waals surface area contributed by atoms with Crippen molar-refractivity contribution in [1.29, 1.82) is 0 Å². The van der Waals surface area contributed by atoms with Crippen LogP contribution in [0.5, 0.6) is 0 Å². The van der Waals surface area contributed by atoms with E-state index in [-0.39, 0.29) is 18.3 Å². The lowest BCUT2D eigenvalue weighted by Gasteiger charge is -2.29. The van der Waals surface area contributed by atoms with Gasteiger partial charge in [0.2, 0.25) is 0 Å². The van der Waals surface area contributed by atoms with Crippen LogP contribution in [0, 0.1) is 5.82 Å². The Hall–Kier alpha value is -2.38. The van der Waals surface area contributed by atoms with Crippen molar-refractivity contribution < 1.29 is 14.3 Å². The Labute approximate surface area is 145 Å². The number of likely N-dealkylation sites (tertiary alicyclic amines) is 1. The first-order chi connectivity index (χ1) is 12.0. The molecule has 0 unspecified atom stereocenters. The number of β-amino-alcohol motifs (C(OH)–C–C–N with tert-alkyl or cyclic N) is 1. The summed E-state index contributed by atoms with van der Waals surface area (Å²) in [5, 5.41) is 10.8. The van der Waals surface area contributed by atoms with Gasteiger partial charge in [0.05, 0.1) is 17.7 Å². The molecule has 2 aromatic rings. The molecule has 1 amide bonds. The van der Waals surface area contributed by atoms with Crippen LogP contribution in [0.4, 0.5) is 4.39 Å². The first-order valence-electron chi connectivity index (χ1n) is 8.15. The zero-order valence-corrected chi connectivity index (χ0v) is 14.1. The summed E-state index contributed by atoms with van der Waals surface area (Å²) in [6, 6.07) is 6.32. The maximum atomic E-state index is 13.0. The van der Waals surface area contributed by atoms with Crippen LogP contribution in [0.15, 0.2) is 43.0 Å². The molecule has 1 aliphatic heterocycles. The molecule has 0 radical (unpaired) electrons. The van der Waals surface area contributed by atoms with Gasteiger partial charge in [0.1, 0.15) is 12.1 Å². The average molecular weight is 344 g/mol. The van der Waals surface area contributed by atoms with E-state index in [9.17, 15) is 14.3 Å². The lowest BCUT2D eigenvalue weighted by Crippen LogP contribution is -2.44. The number of halogens is 1. The van der Waals surface area contributed by atoms with Gasteiger partial charge in [0.15, 0.2) is 0 Å². The molecule has 2 heterocycles. The summed E-state index contributed by atoms with van der Waals surface area (Å²) in [7, 11) is 1.90. The SMILES string of the molecule is CN(Cc1ccc(F)cc1)C[C@@]1(O)CCN(C(=O)c2cncnc2)C1. The molecule has 132 valence electrons. The monoisotopic (exact) mass is 344 g/mol. The smallest absolute Gasteiger partial charge is 0.257 e. The Balaban J connectivity index is 1.57. The number of carbonyl (C=O) groups is 1. The van der Waals surface area contributed by atoms with Gasteiger partial charge in [-0.2, -0.15) is 0 Å². The number of amides is 1. The van der Waals surface area contributed by atoms with Crippen molar-refractivity contribution >= 4 is 5.91 Å². The van der Waals surface area contributed by atoms with Crippen molar-refractivity contribution in [2.24, 2.45) is 0 Å². The van der Waals surface area contributed by atoms with Crippen molar-refractivity contribution in [2.75, 3.05) is 26.7 Å². The van der Waals surface area contributed by atoms with Crippen LogP contribution >= 0.6 is 0 Å². The van der Waals surface area contributed by atoms with Gasteiger partial charge in [0.25, 0.3) is 5.91 Å². The number of aliphatic hydroxyl groups is 1. The van der Waals surface area contributed by atoms with E-state index in [1.54, 1.807) is 17.0 Å². The lowest BCUT2D eigenvalue weighted by molar-refractivity contribution is 0.0163. The summed E-state index contributed by atoms with van der Waals surface area (Å²) < 4.78 is 13.0. The molecule has 0 spiro atoms. The molecule has 6 nitrogen and oxygen atoms in total. The zero-order chi connectivity index (χ0) is 17.9. The Bertz CT molecular complexity index is 726. The van der Waals surface area contributed by atoms with Crippen LogP contribution in [0.1, 0.15) is 22.3 Å². The largest absolute Gasteiger partial charge is 0.387 e. The number of carbonyl (C=O) groups excluding carboxylic acids is 1. The lowest BCUT2D eigenvalue weighted by atomic mass is 10.0. The van der Waals surface area contributed by atoms with E-state index in [1.807, 2.05) is 11.9 Å². The molecular weight excluding hydrogens is 323 g/mol. The minimum atomic E-state index is -0.958. The molecule has 0 saturated carbocycles. The van der Waals surface area contributed by atoms with Crippen molar-refractivity contribution in [3.8, 4) is 0 Å². The van der Waals surface area contributed by atoms with Gasteiger partial charge in [-0.05, 0) is 31.2 Å². The van der Waals surface area contributed by atoms with Crippen LogP contribution < -0.4 is 0 Å². The third kappa shape index (κ3) is 4.37. The quantitative estimate of drug-likeness (QED) is 0.886. The molecule has 3 rings (SSSR count). The molecule has 0 aliphatic carbocycles. The van der Waals surface area contributed by atoms with E-state index in [2.05, 4.69) is 9.97 Å². The van der Waals surface area contributed by atoms with Crippen molar-refractivity contribution in [3.63, 3.8) is 0 Å². The third-order valence-electron chi connectivity index (χ3n) is 4.36. The highest BCUT2D eigenvalue weighted by Crippen LogP contribution is 2.24. The maximum absolute atomic E-state index is 13.0. The molecule has 1 aromatic heterocycles. The molecule has 7 heteroatoms. The van der Waals surface area contributed by atoms with E-state index >= 15 is 0 Å². The predicted octanol–water partition coefficient (Wildman–Crippen LogP) is 1.32. The van der Waals surface area contributed by atoms with Gasteiger partial charge in [0, 0.05) is 32.0 Å². The summed E-state index contributed by atoms with van der Waals surface area (Å²) in [5.41, 5.74) is 0.436. The first kappa shape index (κ1) is 17.4. The molecule has 25 heavy (non-hydrogen) atoms. The predicted molar refractivity (Wildman–Crippen MR) is 90.2 cm³/mol. The highest BCUT2D eigenvalue weighted by atomic mass is 19.1. The average Bonchev–Trinajstić information content (AvgIpc) is 2.98. The first-order valence-corrected chi connectivity index (χ1v) is 8.15. The van der Waals surface area contributed by atoms with Gasteiger partial charge in [-0.3, -0.25) is 9.69 Å². The molecule has 1 saturated heterocycles. The van der Waals surface area contributed by atoms with Gasteiger partial charge in [-0.1, -0.05) is 12.1 Å². The molecule has 1 fully saturated rings. The van der Waals surface area contributed by atoms with Gasteiger partial charge >= 0.3 is 0 Å². The van der Waals surface area contributed by atoms with Crippen molar-refractivity contribution in [3.05, 3.63) is 59.9 Å².